The maximum atomic E-state index is 12.5. The Kier molecular flexibility index (Phi) is 4.53. The van der Waals surface area contributed by atoms with Crippen molar-refractivity contribution in [3.05, 3.63) is 66.1 Å². The molecule has 1 N–H and O–H groups in total. The molecule has 0 spiro atoms. The molecule has 0 aliphatic heterocycles. The number of imidazole rings is 1. The van der Waals surface area contributed by atoms with Gasteiger partial charge in [0, 0.05) is 25.4 Å². The Morgan fingerprint density at radius 3 is 2.44 bits per heavy atom. The molecule has 132 valence electrons. The molecule has 0 amide bonds. The van der Waals surface area contributed by atoms with E-state index in [9.17, 15) is 21.6 Å². The molecule has 2 aromatic heterocycles. The molecule has 0 radical (unpaired) electrons. The molecule has 0 bridgehead atoms. The van der Waals surface area contributed by atoms with Gasteiger partial charge in [-0.2, -0.15) is 13.2 Å². The molecule has 0 atom stereocenters. The predicted molar refractivity (Wildman–Crippen MR) is 85.5 cm³/mol. The number of pyridine rings is 1. The quantitative estimate of drug-likeness (QED) is 0.752. The van der Waals surface area contributed by atoms with Crippen molar-refractivity contribution in [3.63, 3.8) is 0 Å². The van der Waals surface area contributed by atoms with Gasteiger partial charge >= 0.3 is 6.18 Å². The number of rotatable bonds is 5. The Labute approximate surface area is 142 Å². The van der Waals surface area contributed by atoms with E-state index < -0.39 is 21.8 Å². The second-order valence-corrected chi connectivity index (χ2v) is 7.14. The number of halogens is 3. The van der Waals surface area contributed by atoms with E-state index in [1.54, 1.807) is 6.20 Å². The van der Waals surface area contributed by atoms with Gasteiger partial charge < -0.3 is 4.40 Å². The number of aromatic nitrogens is 2. The Bertz CT molecular complexity index is 947. The van der Waals surface area contributed by atoms with Gasteiger partial charge in [0.1, 0.15) is 5.65 Å². The zero-order valence-corrected chi connectivity index (χ0v) is 13.7. The summed E-state index contributed by atoms with van der Waals surface area (Å²) < 4.78 is 66.0. The van der Waals surface area contributed by atoms with E-state index in [0.29, 0.717) is 12.1 Å². The van der Waals surface area contributed by atoms with Crippen molar-refractivity contribution in [1.82, 2.24) is 14.1 Å². The zero-order valence-electron chi connectivity index (χ0n) is 12.9. The van der Waals surface area contributed by atoms with Gasteiger partial charge in [-0.15, -0.1) is 0 Å². The van der Waals surface area contributed by atoms with Crippen LogP contribution in [-0.4, -0.2) is 24.3 Å². The monoisotopic (exact) mass is 369 g/mol. The van der Waals surface area contributed by atoms with Crippen molar-refractivity contribution in [2.75, 3.05) is 6.54 Å². The van der Waals surface area contributed by atoms with Crippen LogP contribution in [0.3, 0.4) is 0 Å². The Hall–Kier alpha value is -2.39. The maximum Gasteiger partial charge on any atom is 0.416 e. The number of nitrogens with one attached hydrogen (secondary N) is 1. The molecule has 0 unspecified atom stereocenters. The lowest BCUT2D eigenvalue weighted by molar-refractivity contribution is -0.137. The maximum absolute atomic E-state index is 12.5. The average Bonchev–Trinajstić information content (AvgIpc) is 2.96. The Morgan fingerprint density at radius 1 is 1.08 bits per heavy atom. The summed E-state index contributed by atoms with van der Waals surface area (Å²) in [5.74, 6) is 0. The lowest BCUT2D eigenvalue weighted by Crippen LogP contribution is -2.26. The Balaban J connectivity index is 1.65. The third kappa shape index (κ3) is 3.99. The van der Waals surface area contributed by atoms with Crippen LogP contribution in [-0.2, 0) is 22.6 Å². The van der Waals surface area contributed by atoms with Crippen LogP contribution in [0.2, 0.25) is 0 Å². The van der Waals surface area contributed by atoms with Crippen LogP contribution in [0.1, 0.15) is 11.3 Å². The summed E-state index contributed by atoms with van der Waals surface area (Å²) in [4.78, 5) is 4.13. The molecule has 25 heavy (non-hydrogen) atoms. The fourth-order valence-corrected chi connectivity index (χ4v) is 3.36. The van der Waals surface area contributed by atoms with Crippen molar-refractivity contribution in [2.45, 2.75) is 17.5 Å². The zero-order chi connectivity index (χ0) is 18.1. The van der Waals surface area contributed by atoms with Crippen molar-refractivity contribution in [1.29, 1.82) is 0 Å². The first-order valence-electron chi connectivity index (χ1n) is 7.35. The van der Waals surface area contributed by atoms with E-state index in [2.05, 4.69) is 9.71 Å². The molecular weight excluding hydrogens is 355 g/mol. The lowest BCUT2D eigenvalue weighted by Gasteiger charge is -2.09. The molecular formula is C16H14F3N3O2S. The number of hydrogen-bond acceptors (Lipinski definition) is 3. The summed E-state index contributed by atoms with van der Waals surface area (Å²) >= 11 is 0. The van der Waals surface area contributed by atoms with Crippen LogP contribution in [0.5, 0.6) is 0 Å². The third-order valence-corrected chi connectivity index (χ3v) is 5.06. The van der Waals surface area contributed by atoms with Crippen LogP contribution < -0.4 is 4.72 Å². The van der Waals surface area contributed by atoms with Crippen molar-refractivity contribution >= 4 is 15.7 Å². The molecule has 3 aromatic rings. The molecule has 3 rings (SSSR count). The molecule has 0 fully saturated rings. The van der Waals surface area contributed by atoms with Gasteiger partial charge in [-0.25, -0.2) is 18.1 Å². The SMILES string of the molecule is O=S(=O)(NCCc1cn2ccccc2n1)c1ccc(C(F)(F)F)cc1. The molecule has 0 saturated heterocycles. The first kappa shape index (κ1) is 17.4. The number of benzene rings is 1. The fourth-order valence-electron chi connectivity index (χ4n) is 2.33. The van der Waals surface area contributed by atoms with Crippen molar-refractivity contribution < 1.29 is 21.6 Å². The van der Waals surface area contributed by atoms with Crippen LogP contribution in [0.15, 0.2) is 59.8 Å². The standard InChI is InChI=1S/C16H14F3N3O2S/c17-16(18,19)12-4-6-14(7-5-12)25(23,24)20-9-8-13-11-22-10-2-1-3-15(22)21-13/h1-7,10-11,20H,8-9H2. The van der Waals surface area contributed by atoms with E-state index in [1.165, 1.54) is 0 Å². The van der Waals surface area contributed by atoms with E-state index in [1.807, 2.05) is 28.8 Å². The second-order valence-electron chi connectivity index (χ2n) is 5.37. The molecule has 2 heterocycles. The van der Waals surface area contributed by atoms with Gasteiger partial charge in [-0.3, -0.25) is 0 Å². The summed E-state index contributed by atoms with van der Waals surface area (Å²) in [7, 11) is -3.87. The molecule has 1 aromatic carbocycles. The Morgan fingerprint density at radius 2 is 1.80 bits per heavy atom. The molecule has 0 saturated carbocycles. The van der Waals surface area contributed by atoms with Crippen LogP contribution in [0.4, 0.5) is 13.2 Å². The molecule has 0 aliphatic rings. The van der Waals surface area contributed by atoms with Gasteiger partial charge in [-0.1, -0.05) is 6.07 Å². The van der Waals surface area contributed by atoms with Gasteiger partial charge in [-0.05, 0) is 36.4 Å². The topological polar surface area (TPSA) is 63.5 Å². The third-order valence-electron chi connectivity index (χ3n) is 3.58. The molecule has 0 aliphatic carbocycles. The highest BCUT2D eigenvalue weighted by molar-refractivity contribution is 7.89. The normalized spacial score (nSPS) is 12.6. The van der Waals surface area contributed by atoms with E-state index in [4.69, 9.17) is 0 Å². The number of sulfonamides is 1. The highest BCUT2D eigenvalue weighted by Crippen LogP contribution is 2.29. The minimum Gasteiger partial charge on any atom is -0.307 e. The van der Waals surface area contributed by atoms with Crippen LogP contribution in [0, 0.1) is 0 Å². The summed E-state index contributed by atoms with van der Waals surface area (Å²) in [5.41, 5.74) is 0.570. The fraction of sp³-hybridized carbons (Fsp3) is 0.188. The summed E-state index contributed by atoms with van der Waals surface area (Å²) in [6, 6.07) is 8.90. The summed E-state index contributed by atoms with van der Waals surface area (Å²) in [6.07, 6.45) is -0.514. The summed E-state index contributed by atoms with van der Waals surface area (Å²) in [5, 5.41) is 0. The van der Waals surface area contributed by atoms with Crippen molar-refractivity contribution in [3.8, 4) is 0 Å². The number of alkyl halides is 3. The smallest absolute Gasteiger partial charge is 0.307 e. The van der Waals surface area contributed by atoms with Gasteiger partial charge in [0.2, 0.25) is 10.0 Å². The first-order valence-corrected chi connectivity index (χ1v) is 8.83. The molecule has 9 heteroatoms. The van der Waals surface area contributed by atoms with Gasteiger partial charge in [0.25, 0.3) is 0 Å². The van der Waals surface area contributed by atoms with Crippen LogP contribution in [0.25, 0.3) is 5.65 Å². The first-order chi connectivity index (χ1) is 11.8. The van der Waals surface area contributed by atoms with Crippen molar-refractivity contribution in [2.24, 2.45) is 0 Å². The highest BCUT2D eigenvalue weighted by Gasteiger charge is 2.30. The molecule has 5 nitrogen and oxygen atoms in total. The van der Waals surface area contributed by atoms with E-state index in [-0.39, 0.29) is 11.4 Å². The minimum atomic E-state index is -4.50. The van der Waals surface area contributed by atoms with E-state index >= 15 is 0 Å². The summed E-state index contributed by atoms with van der Waals surface area (Å²) in [6.45, 7) is 0.0905. The van der Waals surface area contributed by atoms with Gasteiger partial charge in [0.15, 0.2) is 0 Å². The van der Waals surface area contributed by atoms with Crippen LogP contribution >= 0.6 is 0 Å². The van der Waals surface area contributed by atoms with Gasteiger partial charge in [0.05, 0.1) is 16.2 Å². The average molecular weight is 369 g/mol. The number of hydrogen-bond donors (Lipinski definition) is 1. The minimum absolute atomic E-state index is 0.0905. The highest BCUT2D eigenvalue weighted by atomic mass is 32.2. The lowest BCUT2D eigenvalue weighted by atomic mass is 10.2. The van der Waals surface area contributed by atoms with E-state index in [0.717, 1.165) is 29.9 Å². The largest absolute Gasteiger partial charge is 0.416 e. The second kappa shape index (κ2) is 6.49. The number of fused-ring (bicyclic) bond motifs is 1. The predicted octanol–water partition coefficient (Wildman–Crippen LogP) is 2.87. The number of nitrogens with zero attached hydrogens (tertiary/aromatic N) is 2.